The molecular weight excluding hydrogens is 262 g/mol. The van der Waals surface area contributed by atoms with E-state index >= 15 is 0 Å². The third-order valence-electron chi connectivity index (χ3n) is 3.20. The maximum absolute atomic E-state index is 11.9. The van der Waals surface area contributed by atoms with Gasteiger partial charge in [0.25, 0.3) is 0 Å². The first-order valence-electron chi connectivity index (χ1n) is 7.09. The molecule has 0 aliphatic rings. The van der Waals surface area contributed by atoms with E-state index < -0.39 is 0 Å². The molecule has 1 heterocycles. The number of hydrogen-bond acceptors (Lipinski definition) is 3. The maximum Gasteiger partial charge on any atom is 0.246 e. The fourth-order valence-electron chi connectivity index (χ4n) is 1.97. The minimum atomic E-state index is 0.00661. The Hall–Kier alpha value is -2.49. The molecule has 0 unspecified atom stereocenters. The third kappa shape index (κ3) is 3.99. The molecule has 1 aromatic heterocycles. The molecule has 108 valence electrons. The second-order valence-electron chi connectivity index (χ2n) is 4.55. The number of carbonyl (C=O) groups excluding carboxylic acids is 1. The van der Waals surface area contributed by atoms with Crippen LogP contribution in [0.1, 0.15) is 19.4 Å². The molecule has 0 saturated carbocycles. The fraction of sp³-hybridized carbons (Fsp3) is 0.235. The normalized spacial score (nSPS) is 10.8. The molecule has 0 radical (unpaired) electrons. The van der Waals surface area contributed by atoms with Crippen LogP contribution in [-0.2, 0) is 4.79 Å². The number of hydrogen-bond donors (Lipinski definition) is 0. The summed E-state index contributed by atoms with van der Waals surface area (Å²) in [6, 6.07) is 9.80. The quantitative estimate of drug-likeness (QED) is 0.791. The average Bonchev–Trinajstić information content (AvgIpc) is 2.55. The van der Waals surface area contributed by atoms with Crippen molar-refractivity contribution >= 4 is 12.0 Å². The van der Waals surface area contributed by atoms with E-state index in [1.54, 1.807) is 29.4 Å². The average molecular weight is 281 g/mol. The summed E-state index contributed by atoms with van der Waals surface area (Å²) < 4.78 is 0. The number of aromatic nitrogens is 2. The molecule has 2 aromatic rings. The van der Waals surface area contributed by atoms with Crippen molar-refractivity contribution in [3.05, 3.63) is 54.4 Å². The standard InChI is InChI=1S/C17H19N3O/c1-3-20(4-2)16(21)11-10-14-12-18-17(19-13-14)15-8-6-5-7-9-15/h5-13H,3-4H2,1-2H3/b11-10+. The molecule has 4 heteroatoms. The molecule has 0 fully saturated rings. The van der Waals surface area contributed by atoms with Crippen molar-refractivity contribution in [3.63, 3.8) is 0 Å². The minimum Gasteiger partial charge on any atom is -0.340 e. The van der Waals surface area contributed by atoms with E-state index in [4.69, 9.17) is 0 Å². The molecule has 0 aliphatic heterocycles. The van der Waals surface area contributed by atoms with Crippen molar-refractivity contribution < 1.29 is 4.79 Å². The Balaban J connectivity index is 2.08. The minimum absolute atomic E-state index is 0.00661. The zero-order valence-electron chi connectivity index (χ0n) is 12.4. The summed E-state index contributed by atoms with van der Waals surface area (Å²) in [6.45, 7) is 5.35. The summed E-state index contributed by atoms with van der Waals surface area (Å²) in [5.74, 6) is 0.690. The Morgan fingerprint density at radius 3 is 2.29 bits per heavy atom. The van der Waals surface area contributed by atoms with Crippen molar-refractivity contribution in [1.82, 2.24) is 14.9 Å². The van der Waals surface area contributed by atoms with Gasteiger partial charge in [-0.1, -0.05) is 30.3 Å². The van der Waals surface area contributed by atoms with Crippen molar-refractivity contribution in [2.45, 2.75) is 13.8 Å². The molecule has 0 bridgehead atoms. The highest BCUT2D eigenvalue weighted by Crippen LogP contribution is 2.13. The van der Waals surface area contributed by atoms with Gasteiger partial charge in [-0.25, -0.2) is 9.97 Å². The van der Waals surface area contributed by atoms with Crippen LogP contribution in [0.25, 0.3) is 17.5 Å². The molecule has 0 N–H and O–H groups in total. The van der Waals surface area contributed by atoms with Gasteiger partial charge in [0, 0.05) is 42.7 Å². The summed E-state index contributed by atoms with van der Waals surface area (Å²) in [4.78, 5) is 22.3. The van der Waals surface area contributed by atoms with E-state index in [0.29, 0.717) is 18.9 Å². The number of carbonyl (C=O) groups is 1. The van der Waals surface area contributed by atoms with Crippen LogP contribution in [0, 0.1) is 0 Å². The predicted octanol–water partition coefficient (Wildman–Crippen LogP) is 3.03. The Kier molecular flexibility index (Phi) is 5.21. The molecule has 1 amide bonds. The molecule has 21 heavy (non-hydrogen) atoms. The Morgan fingerprint density at radius 1 is 1.10 bits per heavy atom. The lowest BCUT2D eigenvalue weighted by Crippen LogP contribution is -2.28. The van der Waals surface area contributed by atoms with Gasteiger partial charge in [-0.2, -0.15) is 0 Å². The lowest BCUT2D eigenvalue weighted by atomic mass is 10.2. The van der Waals surface area contributed by atoms with Crippen molar-refractivity contribution in [3.8, 4) is 11.4 Å². The van der Waals surface area contributed by atoms with Crippen LogP contribution >= 0.6 is 0 Å². The Morgan fingerprint density at radius 2 is 1.71 bits per heavy atom. The van der Waals surface area contributed by atoms with Crippen LogP contribution in [0.5, 0.6) is 0 Å². The summed E-state index contributed by atoms with van der Waals surface area (Å²) in [6.07, 6.45) is 6.76. The highest BCUT2D eigenvalue weighted by atomic mass is 16.2. The lowest BCUT2D eigenvalue weighted by molar-refractivity contribution is -0.125. The van der Waals surface area contributed by atoms with Gasteiger partial charge in [0.05, 0.1) is 0 Å². The Labute approximate surface area is 125 Å². The monoisotopic (exact) mass is 281 g/mol. The fourth-order valence-corrected chi connectivity index (χ4v) is 1.97. The summed E-state index contributed by atoms with van der Waals surface area (Å²) in [5.41, 5.74) is 1.79. The van der Waals surface area contributed by atoms with E-state index in [2.05, 4.69) is 9.97 Å². The van der Waals surface area contributed by atoms with Crippen molar-refractivity contribution in [1.29, 1.82) is 0 Å². The molecule has 0 aliphatic carbocycles. The number of nitrogens with zero attached hydrogens (tertiary/aromatic N) is 3. The van der Waals surface area contributed by atoms with Crippen LogP contribution in [0.4, 0.5) is 0 Å². The Bertz CT molecular complexity index is 602. The molecular formula is C17H19N3O. The summed E-state index contributed by atoms with van der Waals surface area (Å²) in [7, 11) is 0. The number of amides is 1. The summed E-state index contributed by atoms with van der Waals surface area (Å²) in [5, 5.41) is 0. The summed E-state index contributed by atoms with van der Waals surface area (Å²) >= 11 is 0. The van der Waals surface area contributed by atoms with Gasteiger partial charge < -0.3 is 4.90 Å². The first kappa shape index (κ1) is 14.9. The molecule has 4 nitrogen and oxygen atoms in total. The zero-order chi connectivity index (χ0) is 15.1. The van der Waals surface area contributed by atoms with E-state index in [-0.39, 0.29) is 5.91 Å². The van der Waals surface area contributed by atoms with Gasteiger partial charge in [-0.15, -0.1) is 0 Å². The van der Waals surface area contributed by atoms with Crippen LogP contribution in [-0.4, -0.2) is 33.9 Å². The van der Waals surface area contributed by atoms with E-state index in [9.17, 15) is 4.79 Å². The van der Waals surface area contributed by atoms with Gasteiger partial charge in [0.15, 0.2) is 5.82 Å². The highest BCUT2D eigenvalue weighted by Gasteiger charge is 2.04. The SMILES string of the molecule is CCN(CC)C(=O)/C=C/c1cnc(-c2ccccc2)nc1. The molecule has 2 rings (SSSR count). The first-order chi connectivity index (χ1) is 10.2. The van der Waals surface area contributed by atoms with Crippen LogP contribution in [0.3, 0.4) is 0 Å². The first-order valence-corrected chi connectivity index (χ1v) is 7.09. The zero-order valence-corrected chi connectivity index (χ0v) is 12.4. The van der Waals surface area contributed by atoms with E-state index in [1.165, 1.54) is 0 Å². The highest BCUT2D eigenvalue weighted by molar-refractivity contribution is 5.91. The topological polar surface area (TPSA) is 46.1 Å². The smallest absolute Gasteiger partial charge is 0.246 e. The van der Waals surface area contributed by atoms with Crippen molar-refractivity contribution in [2.75, 3.05) is 13.1 Å². The predicted molar refractivity (Wildman–Crippen MR) is 84.4 cm³/mol. The third-order valence-corrected chi connectivity index (χ3v) is 3.20. The van der Waals surface area contributed by atoms with Crippen LogP contribution in [0.2, 0.25) is 0 Å². The van der Waals surface area contributed by atoms with Crippen LogP contribution in [0.15, 0.2) is 48.8 Å². The lowest BCUT2D eigenvalue weighted by Gasteiger charge is -2.15. The molecule has 0 atom stereocenters. The van der Waals surface area contributed by atoms with Gasteiger partial charge in [0.2, 0.25) is 5.91 Å². The largest absolute Gasteiger partial charge is 0.340 e. The van der Waals surface area contributed by atoms with Gasteiger partial charge in [0.1, 0.15) is 0 Å². The molecule has 1 aromatic carbocycles. The molecule has 0 spiro atoms. The van der Waals surface area contributed by atoms with Crippen molar-refractivity contribution in [2.24, 2.45) is 0 Å². The van der Waals surface area contributed by atoms with Gasteiger partial charge >= 0.3 is 0 Å². The van der Waals surface area contributed by atoms with Gasteiger partial charge in [-0.05, 0) is 19.9 Å². The van der Waals surface area contributed by atoms with E-state index in [0.717, 1.165) is 11.1 Å². The number of likely N-dealkylation sites (N-methyl/N-ethyl adjacent to an activating group) is 1. The van der Waals surface area contributed by atoms with Gasteiger partial charge in [-0.3, -0.25) is 4.79 Å². The number of benzene rings is 1. The van der Waals surface area contributed by atoms with Crippen LogP contribution < -0.4 is 0 Å². The second-order valence-corrected chi connectivity index (χ2v) is 4.55. The second kappa shape index (κ2) is 7.33. The van der Waals surface area contributed by atoms with E-state index in [1.807, 2.05) is 44.2 Å². The maximum atomic E-state index is 11.9. The number of rotatable bonds is 5. The molecule has 0 saturated heterocycles.